The van der Waals surface area contributed by atoms with E-state index in [4.69, 9.17) is 0 Å². The Morgan fingerprint density at radius 3 is 2.04 bits per heavy atom. The van der Waals surface area contributed by atoms with Crippen LogP contribution in [0.2, 0.25) is 0 Å². The van der Waals surface area contributed by atoms with Gasteiger partial charge >= 0.3 is 0 Å². The molecule has 0 aliphatic rings. The van der Waals surface area contributed by atoms with E-state index >= 15 is 0 Å². The van der Waals surface area contributed by atoms with Crippen LogP contribution in [0.4, 0.5) is 5.69 Å². The van der Waals surface area contributed by atoms with Crippen molar-refractivity contribution in [3.8, 4) is 0 Å². The highest BCUT2D eigenvalue weighted by Gasteiger charge is 2.31. The predicted octanol–water partition coefficient (Wildman–Crippen LogP) is 3.11. The number of nitrogens with zero attached hydrogens (tertiary/aromatic N) is 1. The summed E-state index contributed by atoms with van der Waals surface area (Å²) in [4.78, 5) is 12.8. The van der Waals surface area contributed by atoms with E-state index in [0.29, 0.717) is 12.1 Å². The summed E-state index contributed by atoms with van der Waals surface area (Å²) in [5.74, 6) is -0.312. The molecular formula is C19H24N2O3S. The minimum atomic E-state index is -3.60. The smallest absolute Gasteiger partial charge is 0.244 e. The van der Waals surface area contributed by atoms with Crippen LogP contribution in [0.3, 0.4) is 0 Å². The van der Waals surface area contributed by atoms with Crippen LogP contribution in [-0.4, -0.2) is 26.6 Å². The molecule has 1 N–H and O–H groups in total. The van der Waals surface area contributed by atoms with Gasteiger partial charge in [-0.3, -0.25) is 9.10 Å². The molecule has 0 aromatic heterocycles. The highest BCUT2D eigenvalue weighted by atomic mass is 32.2. The third-order valence-corrected chi connectivity index (χ3v) is 5.18. The van der Waals surface area contributed by atoms with E-state index in [1.54, 1.807) is 31.2 Å². The summed E-state index contributed by atoms with van der Waals surface area (Å²) >= 11 is 0. The monoisotopic (exact) mass is 360 g/mol. The average Bonchev–Trinajstić information content (AvgIpc) is 2.59. The molecule has 134 valence electrons. The number of sulfonamides is 1. The molecule has 2 atom stereocenters. The molecule has 1 amide bonds. The van der Waals surface area contributed by atoms with Gasteiger partial charge in [0.25, 0.3) is 0 Å². The molecule has 0 aliphatic carbocycles. The maximum Gasteiger partial charge on any atom is 0.244 e. The summed E-state index contributed by atoms with van der Waals surface area (Å²) in [6, 6.07) is 17.3. The first-order chi connectivity index (χ1) is 11.8. The Labute approximate surface area is 149 Å². The number of rotatable bonds is 7. The number of para-hydroxylation sites is 1. The van der Waals surface area contributed by atoms with Crippen molar-refractivity contribution in [3.63, 3.8) is 0 Å². The van der Waals surface area contributed by atoms with E-state index in [2.05, 4.69) is 5.32 Å². The molecule has 6 heteroatoms. The van der Waals surface area contributed by atoms with E-state index in [-0.39, 0.29) is 11.9 Å². The third kappa shape index (κ3) is 4.82. The third-order valence-electron chi connectivity index (χ3n) is 4.00. The Morgan fingerprint density at radius 1 is 1.04 bits per heavy atom. The number of amides is 1. The topological polar surface area (TPSA) is 66.5 Å². The summed E-state index contributed by atoms with van der Waals surface area (Å²) in [5.41, 5.74) is 1.45. The molecule has 0 radical (unpaired) electrons. The molecule has 0 spiro atoms. The van der Waals surface area contributed by atoms with E-state index in [0.717, 1.165) is 11.8 Å². The lowest BCUT2D eigenvalue weighted by Gasteiger charge is -2.31. The largest absolute Gasteiger partial charge is 0.348 e. The lowest BCUT2D eigenvalue weighted by atomic mass is 10.1. The molecule has 0 bridgehead atoms. The van der Waals surface area contributed by atoms with Gasteiger partial charge in [0, 0.05) is 0 Å². The van der Waals surface area contributed by atoms with E-state index in [1.807, 2.05) is 43.3 Å². The predicted molar refractivity (Wildman–Crippen MR) is 101 cm³/mol. The van der Waals surface area contributed by atoms with Crippen LogP contribution in [0.5, 0.6) is 0 Å². The highest BCUT2D eigenvalue weighted by Crippen LogP contribution is 2.22. The van der Waals surface area contributed by atoms with Crippen molar-refractivity contribution in [3.05, 3.63) is 66.2 Å². The maximum atomic E-state index is 12.8. The molecule has 2 aromatic rings. The van der Waals surface area contributed by atoms with E-state index in [9.17, 15) is 13.2 Å². The van der Waals surface area contributed by atoms with E-state index in [1.165, 1.54) is 4.31 Å². The van der Waals surface area contributed by atoms with Gasteiger partial charge in [-0.1, -0.05) is 55.5 Å². The second-order valence-corrected chi connectivity index (χ2v) is 7.82. The number of anilines is 1. The van der Waals surface area contributed by atoms with Gasteiger partial charge in [-0.05, 0) is 31.0 Å². The zero-order valence-corrected chi connectivity index (χ0v) is 15.5. The first-order valence-electron chi connectivity index (χ1n) is 8.24. The zero-order valence-electron chi connectivity index (χ0n) is 14.7. The summed E-state index contributed by atoms with van der Waals surface area (Å²) in [5, 5.41) is 2.92. The summed E-state index contributed by atoms with van der Waals surface area (Å²) in [6.07, 6.45) is 1.49. The molecule has 0 heterocycles. The number of hydrogen-bond donors (Lipinski definition) is 1. The Kier molecular flexibility index (Phi) is 6.20. The van der Waals surface area contributed by atoms with Gasteiger partial charge in [-0.15, -0.1) is 0 Å². The molecule has 0 fully saturated rings. The van der Waals surface area contributed by atoms with Crippen molar-refractivity contribution in [1.29, 1.82) is 0 Å². The lowest BCUT2D eigenvalue weighted by Crippen LogP contribution is -2.49. The van der Waals surface area contributed by atoms with Crippen LogP contribution in [0.1, 0.15) is 31.9 Å². The van der Waals surface area contributed by atoms with Crippen LogP contribution in [-0.2, 0) is 14.8 Å². The standard InChI is InChI=1S/C19H24N2O3S/c1-4-18(19(22)20-15(2)16-11-7-5-8-12-16)21(25(3,23)24)17-13-9-6-10-14-17/h5-15,18H,4H2,1-3H3,(H,20,22). The normalized spacial score (nSPS) is 13.7. The van der Waals surface area contributed by atoms with Gasteiger partial charge in [-0.25, -0.2) is 8.42 Å². The molecule has 0 aliphatic heterocycles. The first-order valence-corrected chi connectivity index (χ1v) is 10.1. The number of nitrogens with one attached hydrogen (secondary N) is 1. The molecule has 2 unspecified atom stereocenters. The van der Waals surface area contributed by atoms with Crippen LogP contribution in [0.15, 0.2) is 60.7 Å². The maximum absolute atomic E-state index is 12.8. The Bertz CT molecular complexity index is 792. The fourth-order valence-electron chi connectivity index (χ4n) is 2.77. The quantitative estimate of drug-likeness (QED) is 0.825. The van der Waals surface area contributed by atoms with Crippen LogP contribution in [0, 0.1) is 0 Å². The van der Waals surface area contributed by atoms with Gasteiger partial charge in [-0.2, -0.15) is 0 Å². The first kappa shape index (κ1) is 19.0. The van der Waals surface area contributed by atoms with Crippen molar-refractivity contribution < 1.29 is 13.2 Å². The number of benzene rings is 2. The molecule has 0 saturated heterocycles. The molecule has 5 nitrogen and oxygen atoms in total. The Hall–Kier alpha value is -2.34. The number of hydrogen-bond acceptors (Lipinski definition) is 3. The molecule has 25 heavy (non-hydrogen) atoms. The molecule has 0 saturated carbocycles. The second kappa shape index (κ2) is 8.16. The van der Waals surface area contributed by atoms with Gasteiger partial charge in [0.2, 0.25) is 15.9 Å². The van der Waals surface area contributed by atoms with Crippen molar-refractivity contribution >= 4 is 21.6 Å². The lowest BCUT2D eigenvalue weighted by molar-refractivity contribution is -0.122. The number of carbonyl (C=O) groups excluding carboxylic acids is 1. The average molecular weight is 360 g/mol. The fraction of sp³-hybridized carbons (Fsp3) is 0.316. The van der Waals surface area contributed by atoms with Gasteiger partial charge in [0.15, 0.2) is 0 Å². The van der Waals surface area contributed by atoms with Crippen LogP contribution in [0.25, 0.3) is 0 Å². The van der Waals surface area contributed by atoms with Gasteiger partial charge < -0.3 is 5.32 Å². The van der Waals surface area contributed by atoms with Gasteiger partial charge in [0.05, 0.1) is 18.0 Å². The number of carbonyl (C=O) groups is 1. The minimum absolute atomic E-state index is 0.208. The van der Waals surface area contributed by atoms with Gasteiger partial charge in [0.1, 0.15) is 6.04 Å². The van der Waals surface area contributed by atoms with Crippen molar-refractivity contribution in [2.75, 3.05) is 10.6 Å². The molecule has 2 rings (SSSR count). The second-order valence-electron chi connectivity index (χ2n) is 5.96. The summed E-state index contributed by atoms with van der Waals surface area (Å²) in [7, 11) is -3.60. The molecular weight excluding hydrogens is 336 g/mol. The highest BCUT2D eigenvalue weighted by molar-refractivity contribution is 7.92. The molecule has 2 aromatic carbocycles. The van der Waals surface area contributed by atoms with Crippen molar-refractivity contribution in [1.82, 2.24) is 5.32 Å². The Balaban J connectivity index is 2.27. The van der Waals surface area contributed by atoms with Crippen molar-refractivity contribution in [2.24, 2.45) is 0 Å². The van der Waals surface area contributed by atoms with Crippen molar-refractivity contribution in [2.45, 2.75) is 32.4 Å². The Morgan fingerprint density at radius 2 is 1.56 bits per heavy atom. The summed E-state index contributed by atoms with van der Waals surface area (Å²) in [6.45, 7) is 3.69. The van der Waals surface area contributed by atoms with Crippen LogP contribution >= 0.6 is 0 Å². The van der Waals surface area contributed by atoms with E-state index < -0.39 is 16.1 Å². The summed E-state index contributed by atoms with van der Waals surface area (Å²) < 4.78 is 25.9. The minimum Gasteiger partial charge on any atom is -0.348 e. The van der Waals surface area contributed by atoms with Crippen LogP contribution < -0.4 is 9.62 Å². The zero-order chi connectivity index (χ0) is 18.4. The fourth-order valence-corrected chi connectivity index (χ4v) is 3.98. The SMILES string of the molecule is CCC(C(=O)NC(C)c1ccccc1)N(c1ccccc1)S(C)(=O)=O.